The van der Waals surface area contributed by atoms with E-state index < -0.39 is 11.4 Å². The summed E-state index contributed by atoms with van der Waals surface area (Å²) in [6.07, 6.45) is 2.60. The molecule has 1 saturated heterocycles. The van der Waals surface area contributed by atoms with Crippen molar-refractivity contribution >= 4 is 17.9 Å². The molecule has 0 aliphatic carbocycles. The van der Waals surface area contributed by atoms with Crippen LogP contribution in [-0.2, 0) is 9.59 Å². The van der Waals surface area contributed by atoms with E-state index in [1.165, 1.54) is 0 Å². The number of hydrogen-bond donors (Lipinski definition) is 3. The lowest BCUT2D eigenvalue weighted by Gasteiger charge is -2.32. The molecular formula is C18H33N3O4. The van der Waals surface area contributed by atoms with E-state index in [4.69, 9.17) is 5.11 Å². The molecule has 1 aliphatic heterocycles. The van der Waals surface area contributed by atoms with Gasteiger partial charge in [0.05, 0.1) is 5.41 Å². The normalized spacial score (nSPS) is 18.1. The van der Waals surface area contributed by atoms with Crippen molar-refractivity contribution < 1.29 is 19.5 Å². The van der Waals surface area contributed by atoms with Gasteiger partial charge in [-0.3, -0.25) is 9.59 Å². The molecule has 0 spiro atoms. The zero-order chi connectivity index (χ0) is 19.0. The van der Waals surface area contributed by atoms with Crippen LogP contribution in [0.4, 0.5) is 4.79 Å². The number of piperidine rings is 1. The SMILES string of the molecule is CC(C)CNC(=O)N1CCCC(CC(=O)NCCC(C)(C)C(=O)O)C1. The molecule has 1 aliphatic rings. The van der Waals surface area contributed by atoms with Gasteiger partial charge < -0.3 is 20.6 Å². The molecule has 25 heavy (non-hydrogen) atoms. The number of urea groups is 1. The molecule has 3 N–H and O–H groups in total. The second-order valence-corrected chi connectivity index (χ2v) is 8.03. The molecule has 7 heteroatoms. The Kier molecular flexibility index (Phi) is 8.19. The topological polar surface area (TPSA) is 98.7 Å². The van der Waals surface area contributed by atoms with Crippen molar-refractivity contribution in [3.05, 3.63) is 0 Å². The summed E-state index contributed by atoms with van der Waals surface area (Å²) in [6.45, 7) is 9.73. The molecule has 1 atom stereocenters. The quantitative estimate of drug-likeness (QED) is 0.621. The first-order chi connectivity index (χ1) is 11.6. The Morgan fingerprint density at radius 1 is 1.24 bits per heavy atom. The standard InChI is InChI=1S/C18H33N3O4/c1-13(2)11-20-17(25)21-9-5-6-14(12-21)10-15(22)19-8-7-18(3,4)16(23)24/h13-14H,5-12H2,1-4H3,(H,19,22)(H,20,25)(H,23,24). The number of nitrogens with zero attached hydrogens (tertiary/aromatic N) is 1. The van der Waals surface area contributed by atoms with Gasteiger partial charge in [-0.25, -0.2) is 4.79 Å². The van der Waals surface area contributed by atoms with Crippen LogP contribution in [0.3, 0.4) is 0 Å². The van der Waals surface area contributed by atoms with Crippen LogP contribution in [0.2, 0.25) is 0 Å². The number of carbonyl (C=O) groups excluding carboxylic acids is 2. The summed E-state index contributed by atoms with van der Waals surface area (Å²) in [7, 11) is 0. The first-order valence-electron chi connectivity index (χ1n) is 9.14. The highest BCUT2D eigenvalue weighted by atomic mass is 16.4. The van der Waals surface area contributed by atoms with Crippen LogP contribution >= 0.6 is 0 Å². The number of nitrogens with one attached hydrogen (secondary N) is 2. The molecule has 1 unspecified atom stereocenters. The monoisotopic (exact) mass is 355 g/mol. The van der Waals surface area contributed by atoms with E-state index in [1.807, 2.05) is 0 Å². The molecule has 0 bridgehead atoms. The summed E-state index contributed by atoms with van der Waals surface area (Å²) in [5, 5.41) is 14.8. The lowest BCUT2D eigenvalue weighted by molar-refractivity contribution is -0.147. The van der Waals surface area contributed by atoms with Crippen LogP contribution in [0, 0.1) is 17.3 Å². The predicted molar refractivity (Wildman–Crippen MR) is 96.2 cm³/mol. The molecule has 0 aromatic carbocycles. The number of carboxylic acids is 1. The Labute approximate surface area is 150 Å². The van der Waals surface area contributed by atoms with Gasteiger partial charge in [0.2, 0.25) is 5.91 Å². The molecule has 0 aromatic rings. The summed E-state index contributed by atoms with van der Waals surface area (Å²) in [5.74, 6) is -0.371. The Bertz CT molecular complexity index is 477. The van der Waals surface area contributed by atoms with Gasteiger partial charge in [0, 0.05) is 32.6 Å². The van der Waals surface area contributed by atoms with Crippen molar-refractivity contribution in [3.8, 4) is 0 Å². The van der Waals surface area contributed by atoms with Crippen molar-refractivity contribution in [2.24, 2.45) is 17.3 Å². The highest BCUT2D eigenvalue weighted by Crippen LogP contribution is 2.21. The number of aliphatic carboxylic acids is 1. The predicted octanol–water partition coefficient (Wildman–Crippen LogP) is 2.07. The summed E-state index contributed by atoms with van der Waals surface area (Å²) >= 11 is 0. The Morgan fingerprint density at radius 2 is 1.92 bits per heavy atom. The number of carboxylic acid groups (broad SMARTS) is 1. The Morgan fingerprint density at radius 3 is 2.52 bits per heavy atom. The summed E-state index contributed by atoms with van der Waals surface area (Å²) < 4.78 is 0. The van der Waals surface area contributed by atoms with E-state index >= 15 is 0 Å². The van der Waals surface area contributed by atoms with Crippen molar-refractivity contribution in [3.63, 3.8) is 0 Å². The molecular weight excluding hydrogens is 322 g/mol. The lowest BCUT2D eigenvalue weighted by atomic mass is 9.89. The van der Waals surface area contributed by atoms with Gasteiger partial charge in [-0.2, -0.15) is 0 Å². The third-order valence-corrected chi connectivity index (χ3v) is 4.59. The Hall–Kier alpha value is -1.79. The fraction of sp³-hybridized carbons (Fsp3) is 0.833. The van der Waals surface area contributed by atoms with E-state index in [1.54, 1.807) is 18.7 Å². The van der Waals surface area contributed by atoms with Crippen molar-refractivity contribution in [2.75, 3.05) is 26.2 Å². The van der Waals surface area contributed by atoms with E-state index in [0.717, 1.165) is 19.4 Å². The highest BCUT2D eigenvalue weighted by molar-refractivity contribution is 5.77. The molecule has 3 amide bonds. The zero-order valence-corrected chi connectivity index (χ0v) is 15.9. The molecule has 0 aromatic heterocycles. The lowest BCUT2D eigenvalue weighted by Crippen LogP contribution is -2.47. The van der Waals surface area contributed by atoms with Crippen LogP contribution in [-0.4, -0.2) is 54.1 Å². The molecule has 1 fully saturated rings. The average molecular weight is 355 g/mol. The average Bonchev–Trinajstić information content (AvgIpc) is 2.52. The largest absolute Gasteiger partial charge is 0.481 e. The highest BCUT2D eigenvalue weighted by Gasteiger charge is 2.28. The van der Waals surface area contributed by atoms with Crippen molar-refractivity contribution in [2.45, 2.75) is 53.4 Å². The van der Waals surface area contributed by atoms with Crippen LogP contribution < -0.4 is 10.6 Å². The van der Waals surface area contributed by atoms with Gasteiger partial charge in [-0.15, -0.1) is 0 Å². The molecule has 1 rings (SSSR count). The molecule has 1 heterocycles. The first kappa shape index (κ1) is 21.3. The summed E-state index contributed by atoms with van der Waals surface area (Å²) in [4.78, 5) is 37.1. The van der Waals surface area contributed by atoms with Crippen molar-refractivity contribution in [1.82, 2.24) is 15.5 Å². The summed E-state index contributed by atoms with van der Waals surface area (Å²) in [6, 6.07) is -0.0537. The number of likely N-dealkylation sites (tertiary alicyclic amines) is 1. The summed E-state index contributed by atoms with van der Waals surface area (Å²) in [5.41, 5.74) is -0.844. The molecule has 144 valence electrons. The van der Waals surface area contributed by atoms with E-state index in [-0.39, 0.29) is 17.9 Å². The van der Waals surface area contributed by atoms with Gasteiger partial charge in [-0.1, -0.05) is 13.8 Å². The van der Waals surface area contributed by atoms with Crippen LogP contribution in [0.15, 0.2) is 0 Å². The fourth-order valence-corrected chi connectivity index (χ4v) is 2.78. The molecule has 0 radical (unpaired) electrons. The number of rotatable bonds is 8. The maximum atomic E-state index is 12.1. The number of hydrogen-bond acceptors (Lipinski definition) is 3. The maximum Gasteiger partial charge on any atom is 0.317 e. The van der Waals surface area contributed by atoms with E-state index in [0.29, 0.717) is 38.4 Å². The van der Waals surface area contributed by atoms with E-state index in [2.05, 4.69) is 24.5 Å². The minimum atomic E-state index is -0.864. The second kappa shape index (κ2) is 9.63. The Balaban J connectivity index is 2.34. The van der Waals surface area contributed by atoms with Crippen LogP contribution in [0.1, 0.15) is 53.4 Å². The van der Waals surface area contributed by atoms with Gasteiger partial charge in [0.1, 0.15) is 0 Å². The van der Waals surface area contributed by atoms with Gasteiger partial charge in [-0.05, 0) is 44.9 Å². The third-order valence-electron chi connectivity index (χ3n) is 4.59. The number of amides is 3. The van der Waals surface area contributed by atoms with Crippen molar-refractivity contribution in [1.29, 1.82) is 0 Å². The molecule has 7 nitrogen and oxygen atoms in total. The molecule has 0 saturated carbocycles. The van der Waals surface area contributed by atoms with E-state index in [9.17, 15) is 14.4 Å². The van der Waals surface area contributed by atoms with Gasteiger partial charge in [0.25, 0.3) is 0 Å². The van der Waals surface area contributed by atoms with Gasteiger partial charge >= 0.3 is 12.0 Å². The van der Waals surface area contributed by atoms with Crippen LogP contribution in [0.5, 0.6) is 0 Å². The third kappa shape index (κ3) is 7.75. The smallest absolute Gasteiger partial charge is 0.317 e. The van der Waals surface area contributed by atoms with Gasteiger partial charge in [0.15, 0.2) is 0 Å². The minimum Gasteiger partial charge on any atom is -0.481 e. The number of carbonyl (C=O) groups is 3. The van der Waals surface area contributed by atoms with Crippen LogP contribution in [0.25, 0.3) is 0 Å². The fourth-order valence-electron chi connectivity index (χ4n) is 2.78. The minimum absolute atomic E-state index is 0.0537. The maximum absolute atomic E-state index is 12.1. The zero-order valence-electron chi connectivity index (χ0n) is 15.9. The first-order valence-corrected chi connectivity index (χ1v) is 9.14. The second-order valence-electron chi connectivity index (χ2n) is 8.03.